The van der Waals surface area contributed by atoms with E-state index in [2.05, 4.69) is 24.0 Å². The fraction of sp³-hybridized carbons (Fsp3) is 0.0870. The number of fused-ring (bicyclic) bond motifs is 1. The molecule has 0 radical (unpaired) electrons. The van der Waals surface area contributed by atoms with Crippen LogP contribution in [-0.4, -0.2) is 14.5 Å². The fourth-order valence-electron chi connectivity index (χ4n) is 2.99. The van der Waals surface area contributed by atoms with E-state index in [1.165, 1.54) is 5.56 Å². The summed E-state index contributed by atoms with van der Waals surface area (Å²) in [6.45, 7) is 2.53. The quantitative estimate of drug-likeness (QED) is 0.549. The van der Waals surface area contributed by atoms with E-state index in [1.54, 1.807) is 17.0 Å². The summed E-state index contributed by atoms with van der Waals surface area (Å²) in [5.41, 5.74) is 3.89. The maximum absolute atomic E-state index is 13.1. The van der Waals surface area contributed by atoms with Gasteiger partial charge in [-0.3, -0.25) is 14.3 Å². The molecule has 4 nitrogen and oxygen atoms in total. The maximum Gasteiger partial charge on any atom is 0.261 e. The number of rotatable bonds is 4. The third kappa shape index (κ3) is 3.70. The molecule has 0 aliphatic carbocycles. The molecular weight excluding hydrogens is 334 g/mol. The lowest BCUT2D eigenvalue weighted by molar-refractivity contribution is 0.738. The van der Waals surface area contributed by atoms with Gasteiger partial charge in [0.25, 0.3) is 5.56 Å². The monoisotopic (exact) mass is 353 g/mol. The summed E-state index contributed by atoms with van der Waals surface area (Å²) in [5, 5.41) is 0.628. The van der Waals surface area contributed by atoms with Crippen LogP contribution in [0.4, 0.5) is 0 Å². The van der Waals surface area contributed by atoms with Crippen LogP contribution < -0.4 is 5.56 Å². The first-order valence-electron chi connectivity index (χ1n) is 8.84. The molecule has 0 saturated carbocycles. The van der Waals surface area contributed by atoms with Crippen molar-refractivity contribution in [3.05, 3.63) is 106 Å². The van der Waals surface area contributed by atoms with Crippen LogP contribution in [0.5, 0.6) is 0 Å². The summed E-state index contributed by atoms with van der Waals surface area (Å²) < 4.78 is 1.72. The van der Waals surface area contributed by atoms with Crippen molar-refractivity contribution in [2.24, 2.45) is 0 Å². The summed E-state index contributed by atoms with van der Waals surface area (Å²) in [5.74, 6) is 0.628. The molecule has 0 unspecified atom stereocenters. The van der Waals surface area contributed by atoms with Gasteiger partial charge in [0, 0.05) is 12.4 Å². The molecule has 0 amide bonds. The van der Waals surface area contributed by atoms with Gasteiger partial charge in [0.2, 0.25) is 0 Å². The number of aryl methyl sites for hydroxylation is 1. The molecule has 2 aromatic heterocycles. The maximum atomic E-state index is 13.1. The highest BCUT2D eigenvalue weighted by molar-refractivity contribution is 5.79. The number of hydrogen-bond donors (Lipinski definition) is 0. The van der Waals surface area contributed by atoms with Gasteiger partial charge in [-0.15, -0.1) is 0 Å². The number of hydrogen-bond acceptors (Lipinski definition) is 3. The van der Waals surface area contributed by atoms with Crippen LogP contribution in [0.25, 0.3) is 23.1 Å². The van der Waals surface area contributed by atoms with E-state index in [-0.39, 0.29) is 5.56 Å². The Morgan fingerprint density at radius 2 is 1.78 bits per heavy atom. The number of nitrogens with zero attached hydrogens (tertiary/aromatic N) is 3. The summed E-state index contributed by atoms with van der Waals surface area (Å²) in [4.78, 5) is 22.0. The molecule has 4 aromatic rings. The highest BCUT2D eigenvalue weighted by atomic mass is 16.1. The number of para-hydroxylation sites is 1. The van der Waals surface area contributed by atoms with Crippen LogP contribution in [-0.2, 0) is 6.54 Å². The van der Waals surface area contributed by atoms with Gasteiger partial charge in [-0.25, -0.2) is 4.98 Å². The highest BCUT2D eigenvalue weighted by Gasteiger charge is 2.09. The van der Waals surface area contributed by atoms with Gasteiger partial charge >= 0.3 is 0 Å². The molecule has 0 aliphatic rings. The van der Waals surface area contributed by atoms with E-state index in [9.17, 15) is 4.79 Å². The number of benzene rings is 2. The van der Waals surface area contributed by atoms with Crippen molar-refractivity contribution in [3.63, 3.8) is 0 Å². The Morgan fingerprint density at radius 1 is 0.963 bits per heavy atom. The Morgan fingerprint density at radius 3 is 2.56 bits per heavy atom. The topological polar surface area (TPSA) is 47.8 Å². The van der Waals surface area contributed by atoms with Gasteiger partial charge in [-0.2, -0.15) is 0 Å². The lowest BCUT2D eigenvalue weighted by Gasteiger charge is -2.12. The van der Waals surface area contributed by atoms with Gasteiger partial charge in [0.1, 0.15) is 5.82 Å². The molecule has 132 valence electrons. The molecule has 0 saturated heterocycles. The SMILES string of the molecule is Cc1ccc(Cn2c(/C=C/c3cccnc3)nc3ccccc3c2=O)cc1. The van der Waals surface area contributed by atoms with Crippen molar-refractivity contribution in [2.75, 3.05) is 0 Å². The lowest BCUT2D eigenvalue weighted by atomic mass is 10.1. The average molecular weight is 353 g/mol. The van der Waals surface area contributed by atoms with E-state index in [0.717, 1.165) is 11.1 Å². The summed E-state index contributed by atoms with van der Waals surface area (Å²) in [6.07, 6.45) is 7.31. The second-order valence-electron chi connectivity index (χ2n) is 6.48. The Labute approximate surface area is 157 Å². The molecule has 2 aromatic carbocycles. The molecule has 0 N–H and O–H groups in total. The molecule has 2 heterocycles. The Bertz CT molecular complexity index is 1160. The van der Waals surface area contributed by atoms with E-state index in [0.29, 0.717) is 23.3 Å². The Kier molecular flexibility index (Phi) is 4.62. The van der Waals surface area contributed by atoms with Gasteiger partial charge in [0.05, 0.1) is 17.4 Å². The van der Waals surface area contributed by atoms with Crippen molar-refractivity contribution in [1.82, 2.24) is 14.5 Å². The van der Waals surface area contributed by atoms with Crippen LogP contribution in [0.2, 0.25) is 0 Å². The first-order chi connectivity index (χ1) is 13.2. The molecule has 4 rings (SSSR count). The van der Waals surface area contributed by atoms with Gasteiger partial charge < -0.3 is 0 Å². The highest BCUT2D eigenvalue weighted by Crippen LogP contribution is 2.13. The normalized spacial score (nSPS) is 11.3. The summed E-state index contributed by atoms with van der Waals surface area (Å²) in [7, 11) is 0. The Hall–Kier alpha value is -3.53. The van der Waals surface area contributed by atoms with Crippen molar-refractivity contribution in [2.45, 2.75) is 13.5 Å². The molecular formula is C23H19N3O. The second-order valence-corrected chi connectivity index (χ2v) is 6.48. The van der Waals surface area contributed by atoms with Gasteiger partial charge in [-0.1, -0.05) is 48.0 Å². The molecule has 0 fully saturated rings. The third-order valence-electron chi connectivity index (χ3n) is 4.46. The van der Waals surface area contributed by atoms with E-state index in [4.69, 9.17) is 4.98 Å². The first-order valence-corrected chi connectivity index (χ1v) is 8.84. The van der Waals surface area contributed by atoms with Gasteiger partial charge in [0.15, 0.2) is 0 Å². The molecule has 0 spiro atoms. The fourth-order valence-corrected chi connectivity index (χ4v) is 2.99. The summed E-state index contributed by atoms with van der Waals surface area (Å²) in [6, 6.07) is 19.5. The third-order valence-corrected chi connectivity index (χ3v) is 4.46. The molecule has 0 aliphatic heterocycles. The van der Waals surface area contributed by atoms with E-state index in [1.807, 2.05) is 60.7 Å². The number of aromatic nitrogens is 3. The van der Waals surface area contributed by atoms with Crippen LogP contribution in [0, 0.1) is 6.92 Å². The van der Waals surface area contributed by atoms with Crippen LogP contribution in [0.1, 0.15) is 22.5 Å². The van der Waals surface area contributed by atoms with Crippen LogP contribution in [0.3, 0.4) is 0 Å². The number of pyridine rings is 1. The van der Waals surface area contributed by atoms with Gasteiger partial charge in [-0.05, 0) is 48.4 Å². The second kappa shape index (κ2) is 7.38. The molecule has 0 bridgehead atoms. The predicted octanol–water partition coefficient (Wildman–Crippen LogP) is 4.32. The van der Waals surface area contributed by atoms with Crippen molar-refractivity contribution in [1.29, 1.82) is 0 Å². The van der Waals surface area contributed by atoms with Crippen LogP contribution >= 0.6 is 0 Å². The minimum absolute atomic E-state index is 0.0352. The summed E-state index contributed by atoms with van der Waals surface area (Å²) >= 11 is 0. The smallest absolute Gasteiger partial charge is 0.261 e. The van der Waals surface area contributed by atoms with Crippen LogP contribution in [0.15, 0.2) is 77.9 Å². The predicted molar refractivity (Wildman–Crippen MR) is 109 cm³/mol. The molecule has 27 heavy (non-hydrogen) atoms. The lowest BCUT2D eigenvalue weighted by Crippen LogP contribution is -2.24. The first kappa shape index (κ1) is 16.9. The van der Waals surface area contributed by atoms with E-state index < -0.39 is 0 Å². The van der Waals surface area contributed by atoms with Crippen molar-refractivity contribution < 1.29 is 0 Å². The zero-order valence-corrected chi connectivity index (χ0v) is 15.0. The minimum atomic E-state index is -0.0352. The van der Waals surface area contributed by atoms with E-state index >= 15 is 0 Å². The molecule has 4 heteroatoms. The standard InChI is InChI=1S/C23H19N3O/c1-17-8-10-19(11-9-17)16-26-22(13-12-18-5-4-14-24-15-18)25-21-7-3-2-6-20(21)23(26)27/h2-15H,16H2,1H3/b13-12+. The van der Waals surface area contributed by atoms with Crippen molar-refractivity contribution >= 4 is 23.1 Å². The molecule has 0 atom stereocenters. The average Bonchev–Trinajstić information content (AvgIpc) is 2.71. The minimum Gasteiger partial charge on any atom is -0.288 e. The van der Waals surface area contributed by atoms with Crippen molar-refractivity contribution in [3.8, 4) is 0 Å². The largest absolute Gasteiger partial charge is 0.288 e. The Balaban J connectivity index is 1.83. The zero-order chi connectivity index (χ0) is 18.6. The zero-order valence-electron chi connectivity index (χ0n) is 15.0.